The van der Waals surface area contributed by atoms with Crippen LogP contribution in [0, 0.1) is 5.41 Å². The topological polar surface area (TPSA) is 29.5 Å². The summed E-state index contributed by atoms with van der Waals surface area (Å²) in [6.45, 7) is 3.09. The van der Waals surface area contributed by atoms with E-state index in [4.69, 9.17) is 4.74 Å². The van der Waals surface area contributed by atoms with Crippen LogP contribution >= 0.6 is 17.0 Å². The number of halogens is 1. The minimum absolute atomic E-state index is 0. The van der Waals surface area contributed by atoms with Gasteiger partial charge in [-0.15, -0.1) is 17.0 Å². The first-order valence-electron chi connectivity index (χ1n) is 4.08. The van der Waals surface area contributed by atoms with E-state index in [1.165, 1.54) is 7.11 Å². The van der Waals surface area contributed by atoms with Gasteiger partial charge in [0.15, 0.2) is 0 Å². The lowest BCUT2D eigenvalue weighted by atomic mass is 9.85. The molecule has 2 saturated heterocycles. The Morgan fingerprint density at radius 2 is 2.00 bits per heavy atom. The molecule has 0 aliphatic carbocycles. The Morgan fingerprint density at radius 1 is 1.42 bits per heavy atom. The van der Waals surface area contributed by atoms with Crippen molar-refractivity contribution in [3.05, 3.63) is 0 Å². The molecule has 2 rings (SSSR count). The maximum atomic E-state index is 11.3. The highest BCUT2D eigenvalue weighted by Crippen LogP contribution is 2.41. The van der Waals surface area contributed by atoms with Crippen LogP contribution in [-0.2, 0) is 9.53 Å². The van der Waals surface area contributed by atoms with Gasteiger partial charge in [-0.3, -0.25) is 4.79 Å². The van der Waals surface area contributed by atoms with Crippen molar-refractivity contribution >= 4 is 23.0 Å². The average Bonchev–Trinajstić information content (AvgIpc) is 2.62. The summed E-state index contributed by atoms with van der Waals surface area (Å²) >= 11 is 0. The third-order valence-electron chi connectivity index (χ3n) is 2.96. The minimum atomic E-state index is -0.116. The van der Waals surface area contributed by atoms with Gasteiger partial charge in [0.2, 0.25) is 0 Å². The molecule has 0 saturated carbocycles. The van der Waals surface area contributed by atoms with Crippen LogP contribution in [0.15, 0.2) is 0 Å². The first-order valence-corrected chi connectivity index (χ1v) is 4.08. The Morgan fingerprint density at radius 3 is 2.33 bits per heavy atom. The van der Waals surface area contributed by atoms with Crippen LogP contribution in [0.4, 0.5) is 0 Å². The number of nitrogens with zero attached hydrogens (tertiary/aromatic N) is 1. The molecule has 0 amide bonds. The smallest absolute Gasteiger partial charge is 0.313 e. The molecule has 0 aromatic carbocycles. The highest BCUT2D eigenvalue weighted by atomic mass is 79.9. The van der Waals surface area contributed by atoms with Crippen molar-refractivity contribution in [3.63, 3.8) is 0 Å². The van der Waals surface area contributed by atoms with Gasteiger partial charge >= 0.3 is 5.97 Å². The Bertz CT molecular complexity index is 187. The number of carbonyl (C=O) groups excluding carboxylic acids is 1. The van der Waals surface area contributed by atoms with Crippen molar-refractivity contribution < 1.29 is 9.53 Å². The van der Waals surface area contributed by atoms with E-state index in [0.29, 0.717) is 0 Å². The quantitative estimate of drug-likeness (QED) is 0.631. The molecular weight excluding hydrogens is 222 g/mol. The molecule has 2 heterocycles. The summed E-state index contributed by atoms with van der Waals surface area (Å²) in [6.07, 6.45) is 2.00. The molecule has 70 valence electrons. The number of rotatable bonds is 1. The number of methoxy groups -OCH3 is 1. The highest BCUT2D eigenvalue weighted by Gasteiger charge is 2.49. The molecule has 2 aliphatic rings. The van der Waals surface area contributed by atoms with E-state index in [-0.39, 0.29) is 28.4 Å². The van der Waals surface area contributed by atoms with Crippen LogP contribution < -0.4 is 0 Å². The second-order valence-corrected chi connectivity index (χ2v) is 3.55. The molecule has 0 unspecified atom stereocenters. The van der Waals surface area contributed by atoms with Gasteiger partial charge < -0.3 is 9.64 Å². The molecular formula is C8H14BrNO2. The summed E-state index contributed by atoms with van der Waals surface area (Å²) in [6, 6.07) is 0. The first-order chi connectivity index (χ1) is 5.27. The van der Waals surface area contributed by atoms with Gasteiger partial charge in [0.05, 0.1) is 12.5 Å². The maximum Gasteiger partial charge on any atom is 0.313 e. The summed E-state index contributed by atoms with van der Waals surface area (Å²) in [5, 5.41) is 0. The predicted octanol–water partition coefficient (Wildman–Crippen LogP) is 0.833. The van der Waals surface area contributed by atoms with E-state index in [0.717, 1.165) is 32.5 Å². The summed E-state index contributed by atoms with van der Waals surface area (Å²) < 4.78 is 4.79. The number of esters is 1. The fourth-order valence-electron chi connectivity index (χ4n) is 2.21. The molecule has 4 heteroatoms. The van der Waals surface area contributed by atoms with Gasteiger partial charge in [-0.2, -0.15) is 0 Å². The molecule has 0 aromatic rings. The fourth-order valence-corrected chi connectivity index (χ4v) is 2.21. The van der Waals surface area contributed by atoms with Crippen LogP contribution in [0.1, 0.15) is 12.8 Å². The standard InChI is InChI=1S/C8H13NO2.BrH/c1-11-7(10)8-2-4-9(6-8)5-3-8;/h2-6H2,1H3;1H. The zero-order valence-electron chi connectivity index (χ0n) is 7.21. The summed E-state index contributed by atoms with van der Waals surface area (Å²) in [4.78, 5) is 13.7. The van der Waals surface area contributed by atoms with Crippen LogP contribution in [0.3, 0.4) is 0 Å². The Hall–Kier alpha value is -0.0900. The van der Waals surface area contributed by atoms with Crippen molar-refractivity contribution in [2.24, 2.45) is 5.41 Å². The lowest BCUT2D eigenvalue weighted by molar-refractivity contribution is -0.151. The number of hydrogen-bond donors (Lipinski definition) is 0. The molecule has 2 fully saturated rings. The van der Waals surface area contributed by atoms with E-state index in [1.54, 1.807) is 0 Å². The normalized spacial score (nSPS) is 37.6. The van der Waals surface area contributed by atoms with Crippen molar-refractivity contribution in [2.45, 2.75) is 12.8 Å². The number of carbonyl (C=O) groups is 1. The lowest BCUT2D eigenvalue weighted by Gasteiger charge is -2.21. The molecule has 0 radical (unpaired) electrons. The molecule has 3 nitrogen and oxygen atoms in total. The third-order valence-corrected chi connectivity index (χ3v) is 2.96. The number of fused-ring (bicyclic) bond motifs is 2. The van der Waals surface area contributed by atoms with Crippen LogP contribution in [-0.4, -0.2) is 37.6 Å². The van der Waals surface area contributed by atoms with Gasteiger partial charge in [0.25, 0.3) is 0 Å². The number of ether oxygens (including phenoxy) is 1. The molecule has 0 aromatic heterocycles. The largest absolute Gasteiger partial charge is 0.469 e. The van der Waals surface area contributed by atoms with E-state index < -0.39 is 0 Å². The lowest BCUT2D eigenvalue weighted by Crippen LogP contribution is -2.30. The molecule has 0 spiro atoms. The van der Waals surface area contributed by atoms with E-state index >= 15 is 0 Å². The highest BCUT2D eigenvalue weighted by molar-refractivity contribution is 8.93. The van der Waals surface area contributed by atoms with Crippen molar-refractivity contribution in [1.29, 1.82) is 0 Å². The Balaban J connectivity index is 0.000000720. The predicted molar refractivity (Wildman–Crippen MR) is 50.4 cm³/mol. The second kappa shape index (κ2) is 3.34. The summed E-state index contributed by atoms with van der Waals surface area (Å²) in [7, 11) is 1.48. The van der Waals surface area contributed by atoms with Crippen molar-refractivity contribution in [2.75, 3.05) is 26.7 Å². The van der Waals surface area contributed by atoms with E-state index in [2.05, 4.69) is 4.90 Å². The van der Waals surface area contributed by atoms with Gasteiger partial charge in [-0.05, 0) is 25.9 Å². The maximum absolute atomic E-state index is 11.3. The average molecular weight is 236 g/mol. The fraction of sp³-hybridized carbons (Fsp3) is 0.875. The second-order valence-electron chi connectivity index (χ2n) is 3.55. The van der Waals surface area contributed by atoms with Crippen molar-refractivity contribution in [3.8, 4) is 0 Å². The van der Waals surface area contributed by atoms with Crippen LogP contribution in [0.5, 0.6) is 0 Å². The van der Waals surface area contributed by atoms with E-state index in [1.807, 2.05) is 0 Å². The van der Waals surface area contributed by atoms with Gasteiger partial charge in [0.1, 0.15) is 0 Å². The first kappa shape index (κ1) is 9.99. The van der Waals surface area contributed by atoms with E-state index in [9.17, 15) is 4.79 Å². The molecule has 0 atom stereocenters. The zero-order chi connectivity index (χ0) is 7.90. The van der Waals surface area contributed by atoms with Gasteiger partial charge in [-0.1, -0.05) is 0 Å². The molecule has 0 N–H and O–H groups in total. The van der Waals surface area contributed by atoms with Gasteiger partial charge in [0, 0.05) is 6.54 Å². The number of hydrogen-bond acceptors (Lipinski definition) is 3. The third kappa shape index (κ3) is 1.27. The van der Waals surface area contributed by atoms with Gasteiger partial charge in [-0.25, -0.2) is 0 Å². The van der Waals surface area contributed by atoms with Crippen molar-refractivity contribution in [1.82, 2.24) is 4.90 Å². The monoisotopic (exact) mass is 235 g/mol. The summed E-state index contributed by atoms with van der Waals surface area (Å²) in [5.41, 5.74) is -0.116. The Labute approximate surface area is 82.8 Å². The number of piperidine rings is 1. The SMILES string of the molecule is Br.COC(=O)C12CCN(CC1)C2. The zero-order valence-corrected chi connectivity index (χ0v) is 8.92. The minimum Gasteiger partial charge on any atom is -0.469 e. The molecule has 12 heavy (non-hydrogen) atoms. The van der Waals surface area contributed by atoms with Crippen LogP contribution in [0.2, 0.25) is 0 Å². The molecule has 2 aliphatic heterocycles. The summed E-state index contributed by atoms with van der Waals surface area (Å²) in [5.74, 6) is -0.00231. The molecule has 2 bridgehead atoms. The van der Waals surface area contributed by atoms with Crippen LogP contribution in [0.25, 0.3) is 0 Å². The Kier molecular flexibility index (Phi) is 2.78.